The lowest BCUT2D eigenvalue weighted by Crippen LogP contribution is -2.33. The lowest BCUT2D eigenvalue weighted by molar-refractivity contribution is -0.118. The summed E-state index contributed by atoms with van der Waals surface area (Å²) in [6.07, 6.45) is 2.11. The third kappa shape index (κ3) is 1.96. The lowest BCUT2D eigenvalue weighted by atomic mass is 9.74. The Labute approximate surface area is 152 Å². The number of Topliss-reactive ketones (excluding diaryl/α,β-unsaturated/α-hetero) is 1. The molecule has 134 valence electrons. The van der Waals surface area contributed by atoms with Crippen LogP contribution in [0, 0.1) is 32.6 Å². The minimum Gasteiger partial charge on any atom is -0.511 e. The van der Waals surface area contributed by atoms with Crippen LogP contribution in [0.1, 0.15) is 40.4 Å². The molecule has 2 aliphatic heterocycles. The number of hydrogen-bond acceptors (Lipinski definition) is 4. The van der Waals surface area contributed by atoms with E-state index in [1.807, 2.05) is 32.9 Å². The zero-order valence-corrected chi connectivity index (χ0v) is 15.2. The molecule has 2 fully saturated rings. The van der Waals surface area contributed by atoms with Gasteiger partial charge in [0.25, 0.3) is 0 Å². The van der Waals surface area contributed by atoms with Crippen molar-refractivity contribution in [2.24, 2.45) is 11.8 Å². The standard InChI is InChI=1S/C22H22O4/c1-10-7-11(2)16(12(3)8-10)18-20(23)17-15-9-13(14-5-4-6-25-14)22(26-15)19(17)21(18)24/h4-8,13,15,17,19,22,24H,9H2,1-3H3/t13?,15?,17-,19+,22?/m0/s1. The van der Waals surface area contributed by atoms with E-state index in [0.29, 0.717) is 5.57 Å². The topological polar surface area (TPSA) is 59.7 Å². The first-order chi connectivity index (χ1) is 12.5. The third-order valence-electron chi connectivity index (χ3n) is 6.31. The lowest BCUT2D eigenvalue weighted by Gasteiger charge is -2.26. The van der Waals surface area contributed by atoms with Crippen LogP contribution in [0.2, 0.25) is 0 Å². The molecule has 3 aliphatic rings. The van der Waals surface area contributed by atoms with Crippen LogP contribution in [-0.4, -0.2) is 23.1 Å². The minimum absolute atomic E-state index is 0.0351. The van der Waals surface area contributed by atoms with Gasteiger partial charge in [0.2, 0.25) is 0 Å². The van der Waals surface area contributed by atoms with Crippen LogP contribution in [0.5, 0.6) is 0 Å². The largest absolute Gasteiger partial charge is 0.511 e. The van der Waals surface area contributed by atoms with E-state index in [4.69, 9.17) is 9.15 Å². The van der Waals surface area contributed by atoms with Gasteiger partial charge in [0, 0.05) is 5.92 Å². The molecule has 4 nitrogen and oxygen atoms in total. The van der Waals surface area contributed by atoms with Crippen LogP contribution >= 0.6 is 0 Å². The van der Waals surface area contributed by atoms with Gasteiger partial charge in [-0.25, -0.2) is 0 Å². The third-order valence-corrected chi connectivity index (χ3v) is 6.31. The number of furan rings is 1. The number of carbonyl (C=O) groups is 1. The molecule has 5 atom stereocenters. The molecule has 2 aromatic rings. The molecule has 5 rings (SSSR count). The molecule has 0 radical (unpaired) electrons. The van der Waals surface area contributed by atoms with Crippen LogP contribution in [0.15, 0.2) is 40.7 Å². The number of carbonyl (C=O) groups excluding carboxylic acids is 1. The fourth-order valence-electron chi connectivity index (χ4n) is 5.46. The number of aliphatic hydroxyl groups excluding tert-OH is 1. The van der Waals surface area contributed by atoms with E-state index >= 15 is 0 Å². The Kier molecular flexibility index (Phi) is 3.26. The number of ketones is 1. The fourth-order valence-corrected chi connectivity index (χ4v) is 5.46. The van der Waals surface area contributed by atoms with Crippen molar-refractivity contribution in [2.45, 2.75) is 45.3 Å². The fraction of sp³-hybridized carbons (Fsp3) is 0.409. The van der Waals surface area contributed by atoms with E-state index in [9.17, 15) is 9.90 Å². The summed E-state index contributed by atoms with van der Waals surface area (Å²) in [5.74, 6) is 0.706. The van der Waals surface area contributed by atoms with Crippen LogP contribution in [0.3, 0.4) is 0 Å². The van der Waals surface area contributed by atoms with E-state index in [1.165, 1.54) is 0 Å². The zero-order valence-electron chi connectivity index (χ0n) is 15.2. The van der Waals surface area contributed by atoms with Gasteiger partial charge in [0.1, 0.15) is 11.5 Å². The molecule has 0 amide bonds. The summed E-state index contributed by atoms with van der Waals surface area (Å²) in [5, 5.41) is 11.1. The molecule has 2 bridgehead atoms. The van der Waals surface area contributed by atoms with Crippen molar-refractivity contribution in [2.75, 3.05) is 0 Å². The number of fused-ring (bicyclic) bond motifs is 5. The summed E-state index contributed by atoms with van der Waals surface area (Å²) < 4.78 is 11.7. The van der Waals surface area contributed by atoms with Gasteiger partial charge in [0.15, 0.2) is 5.78 Å². The average Bonchev–Trinajstić information content (AvgIpc) is 3.33. The molecule has 2 saturated heterocycles. The number of rotatable bonds is 2. The van der Waals surface area contributed by atoms with Crippen molar-refractivity contribution in [1.82, 2.24) is 0 Å². The van der Waals surface area contributed by atoms with Gasteiger partial charge >= 0.3 is 0 Å². The van der Waals surface area contributed by atoms with Gasteiger partial charge in [-0.05, 0) is 56.0 Å². The molecule has 3 unspecified atom stereocenters. The highest BCUT2D eigenvalue weighted by Gasteiger charge is 2.63. The molecule has 3 heterocycles. The minimum atomic E-state index is -0.263. The molecule has 1 aliphatic carbocycles. The molecule has 0 saturated carbocycles. The summed E-state index contributed by atoms with van der Waals surface area (Å²) in [6, 6.07) is 7.97. The Morgan fingerprint density at radius 2 is 1.85 bits per heavy atom. The van der Waals surface area contributed by atoms with Crippen molar-refractivity contribution in [3.05, 3.63) is 64.3 Å². The van der Waals surface area contributed by atoms with Crippen LogP contribution in [0.4, 0.5) is 0 Å². The molecule has 4 heteroatoms. The van der Waals surface area contributed by atoms with Gasteiger partial charge in [-0.15, -0.1) is 0 Å². The molecule has 0 spiro atoms. The molecular weight excluding hydrogens is 328 g/mol. The Morgan fingerprint density at radius 3 is 2.50 bits per heavy atom. The van der Waals surface area contributed by atoms with Gasteiger partial charge in [-0.3, -0.25) is 4.79 Å². The van der Waals surface area contributed by atoms with Crippen LogP contribution < -0.4 is 0 Å². The first-order valence-corrected chi connectivity index (χ1v) is 9.21. The second-order valence-electron chi connectivity index (χ2n) is 7.95. The van der Waals surface area contributed by atoms with Crippen molar-refractivity contribution in [3.8, 4) is 0 Å². The maximum Gasteiger partial charge on any atom is 0.173 e. The number of aryl methyl sites for hydroxylation is 3. The predicted octanol–water partition coefficient (Wildman–Crippen LogP) is 4.24. The van der Waals surface area contributed by atoms with Crippen molar-refractivity contribution < 1.29 is 19.1 Å². The molecule has 1 aromatic heterocycles. The highest BCUT2D eigenvalue weighted by molar-refractivity contribution is 6.26. The Hall–Kier alpha value is -2.33. The number of benzene rings is 1. The van der Waals surface area contributed by atoms with E-state index < -0.39 is 0 Å². The Balaban J connectivity index is 1.60. The summed E-state index contributed by atoms with van der Waals surface area (Å²) in [6.45, 7) is 6.06. The summed E-state index contributed by atoms with van der Waals surface area (Å²) in [5.41, 5.74) is 4.63. The number of allylic oxidation sites excluding steroid dienone is 1. The quantitative estimate of drug-likeness (QED) is 0.880. The van der Waals surface area contributed by atoms with Crippen molar-refractivity contribution >= 4 is 11.4 Å². The van der Waals surface area contributed by atoms with E-state index in [0.717, 1.165) is 34.4 Å². The zero-order chi connectivity index (χ0) is 18.2. The number of aliphatic hydroxyl groups is 1. The molecule has 1 aromatic carbocycles. The second kappa shape index (κ2) is 5.34. The average molecular weight is 350 g/mol. The van der Waals surface area contributed by atoms with Gasteiger partial charge in [-0.2, -0.15) is 0 Å². The van der Waals surface area contributed by atoms with Crippen LogP contribution in [0.25, 0.3) is 5.57 Å². The summed E-state index contributed by atoms with van der Waals surface area (Å²) >= 11 is 0. The first kappa shape index (κ1) is 15.9. The molecular formula is C22H22O4. The molecule has 26 heavy (non-hydrogen) atoms. The van der Waals surface area contributed by atoms with Crippen molar-refractivity contribution in [3.63, 3.8) is 0 Å². The van der Waals surface area contributed by atoms with E-state index in [2.05, 4.69) is 12.1 Å². The highest BCUT2D eigenvalue weighted by atomic mass is 16.5. The second-order valence-corrected chi connectivity index (χ2v) is 7.95. The normalized spacial score (nSPS) is 32.6. The number of hydrogen-bond donors (Lipinski definition) is 1. The SMILES string of the molecule is Cc1cc(C)c(C2=C(O)[C@@H]3C4OC(CC4c4ccco4)[C@@H]3C2=O)c(C)c1. The maximum atomic E-state index is 13.2. The molecule has 1 N–H and O–H groups in total. The van der Waals surface area contributed by atoms with Crippen molar-refractivity contribution in [1.29, 1.82) is 0 Å². The van der Waals surface area contributed by atoms with Gasteiger partial charge < -0.3 is 14.3 Å². The highest BCUT2D eigenvalue weighted by Crippen LogP contribution is 2.58. The smallest absolute Gasteiger partial charge is 0.173 e. The van der Waals surface area contributed by atoms with Crippen LogP contribution in [-0.2, 0) is 9.53 Å². The number of ether oxygens (including phenoxy) is 1. The first-order valence-electron chi connectivity index (χ1n) is 9.21. The maximum absolute atomic E-state index is 13.2. The van der Waals surface area contributed by atoms with Gasteiger partial charge in [0.05, 0.1) is 35.9 Å². The summed E-state index contributed by atoms with van der Waals surface area (Å²) in [4.78, 5) is 13.2. The Bertz CT molecular complexity index is 914. The van der Waals surface area contributed by atoms with E-state index in [-0.39, 0.29) is 41.5 Å². The predicted molar refractivity (Wildman–Crippen MR) is 96.9 cm³/mol. The van der Waals surface area contributed by atoms with E-state index in [1.54, 1.807) is 6.26 Å². The van der Waals surface area contributed by atoms with Gasteiger partial charge in [-0.1, -0.05) is 17.7 Å². The monoisotopic (exact) mass is 350 g/mol. The Morgan fingerprint density at radius 1 is 1.12 bits per heavy atom. The summed E-state index contributed by atoms with van der Waals surface area (Å²) in [7, 11) is 0.